The summed E-state index contributed by atoms with van der Waals surface area (Å²) in [6.07, 6.45) is 0. The lowest BCUT2D eigenvalue weighted by molar-refractivity contribution is 0.102. The Morgan fingerprint density at radius 1 is 1.42 bits per heavy atom. The molecule has 6 nitrogen and oxygen atoms in total. The molecule has 0 saturated carbocycles. The average Bonchev–Trinajstić information content (AvgIpc) is 2.76. The van der Waals surface area contributed by atoms with Crippen LogP contribution in [-0.4, -0.2) is 24.8 Å². The van der Waals surface area contributed by atoms with Gasteiger partial charge in [-0.15, -0.1) is 11.3 Å². The predicted octanol–water partition coefficient (Wildman–Crippen LogP) is 1.48. The van der Waals surface area contributed by atoms with E-state index in [0.29, 0.717) is 16.4 Å². The van der Waals surface area contributed by atoms with Crippen molar-refractivity contribution in [3.8, 4) is 5.75 Å². The van der Waals surface area contributed by atoms with Crippen LogP contribution in [0, 0.1) is 0 Å². The minimum absolute atomic E-state index is 0.0750. The van der Waals surface area contributed by atoms with Gasteiger partial charge in [0, 0.05) is 10.9 Å². The fourth-order valence-electron chi connectivity index (χ4n) is 1.33. The lowest BCUT2D eigenvalue weighted by atomic mass is 10.2. The van der Waals surface area contributed by atoms with Crippen molar-refractivity contribution in [2.75, 3.05) is 5.32 Å². The average molecular weight is 297 g/mol. The highest BCUT2D eigenvalue weighted by molar-refractivity contribution is 7.78. The predicted molar refractivity (Wildman–Crippen MR) is 70.8 cm³/mol. The van der Waals surface area contributed by atoms with Gasteiger partial charge >= 0.3 is 0 Å². The largest absolute Gasteiger partial charge is 0.772 e. The molecule has 0 radical (unpaired) electrons. The summed E-state index contributed by atoms with van der Waals surface area (Å²) in [6.45, 7) is 0. The molecule has 1 amide bonds. The number of hydrogen-bond acceptors (Lipinski definition) is 6. The highest BCUT2D eigenvalue weighted by Gasteiger charge is 2.09. The molecule has 0 saturated heterocycles. The third kappa shape index (κ3) is 3.85. The van der Waals surface area contributed by atoms with Crippen LogP contribution in [0.4, 0.5) is 5.13 Å². The SMILES string of the molecule is O=C(Nc1nc(CS(=O)[O-])cs1)c1ccc(O)cc1. The van der Waals surface area contributed by atoms with Crippen LogP contribution in [0.15, 0.2) is 29.6 Å². The Balaban J connectivity index is 2.04. The van der Waals surface area contributed by atoms with Gasteiger partial charge in [0.2, 0.25) is 0 Å². The lowest BCUT2D eigenvalue weighted by Gasteiger charge is -2.02. The molecule has 100 valence electrons. The molecule has 0 aliphatic rings. The van der Waals surface area contributed by atoms with E-state index in [-0.39, 0.29) is 17.4 Å². The van der Waals surface area contributed by atoms with Crippen molar-refractivity contribution in [1.82, 2.24) is 4.98 Å². The highest BCUT2D eigenvalue weighted by Crippen LogP contribution is 2.18. The molecular weight excluding hydrogens is 288 g/mol. The zero-order valence-electron chi connectivity index (χ0n) is 9.53. The number of anilines is 1. The van der Waals surface area contributed by atoms with Gasteiger partial charge in [0.25, 0.3) is 5.91 Å². The molecule has 2 N–H and O–H groups in total. The van der Waals surface area contributed by atoms with E-state index in [2.05, 4.69) is 10.3 Å². The first kappa shape index (κ1) is 13.7. The summed E-state index contributed by atoms with van der Waals surface area (Å²) in [7, 11) is 0. The second kappa shape index (κ2) is 5.91. The van der Waals surface area contributed by atoms with Crippen LogP contribution in [0.25, 0.3) is 0 Å². The van der Waals surface area contributed by atoms with Crippen molar-refractivity contribution >= 4 is 33.5 Å². The van der Waals surface area contributed by atoms with Crippen LogP contribution in [0.3, 0.4) is 0 Å². The van der Waals surface area contributed by atoms with Crippen LogP contribution in [0.1, 0.15) is 16.1 Å². The maximum absolute atomic E-state index is 11.8. The van der Waals surface area contributed by atoms with E-state index in [4.69, 9.17) is 5.11 Å². The third-order valence-corrected chi connectivity index (χ3v) is 3.51. The molecule has 1 heterocycles. The molecule has 1 unspecified atom stereocenters. The first-order valence-corrected chi connectivity index (χ1v) is 7.27. The number of thiazole rings is 1. The molecule has 2 aromatic rings. The number of phenols is 1. The summed E-state index contributed by atoms with van der Waals surface area (Å²) in [6, 6.07) is 5.77. The summed E-state index contributed by atoms with van der Waals surface area (Å²) in [5.74, 6) is -0.471. The molecule has 1 aromatic carbocycles. The number of hydrogen-bond donors (Lipinski definition) is 2. The maximum atomic E-state index is 11.8. The molecule has 1 atom stereocenters. The number of carbonyl (C=O) groups excluding carboxylic acids is 1. The Kier molecular flexibility index (Phi) is 4.25. The summed E-state index contributed by atoms with van der Waals surface area (Å²) in [5, 5.41) is 13.6. The fraction of sp³-hybridized carbons (Fsp3) is 0.0909. The van der Waals surface area contributed by atoms with Gasteiger partial charge in [-0.05, 0) is 35.3 Å². The second-order valence-corrected chi connectivity index (χ2v) is 5.35. The molecule has 1 aromatic heterocycles. The summed E-state index contributed by atoms with van der Waals surface area (Å²) in [4.78, 5) is 15.8. The first-order chi connectivity index (χ1) is 9.04. The van der Waals surface area contributed by atoms with Gasteiger partial charge in [-0.2, -0.15) is 0 Å². The Morgan fingerprint density at radius 3 is 2.74 bits per heavy atom. The Bertz CT molecular complexity index is 609. The Morgan fingerprint density at radius 2 is 2.11 bits per heavy atom. The lowest BCUT2D eigenvalue weighted by Crippen LogP contribution is -2.11. The minimum Gasteiger partial charge on any atom is -0.772 e. The van der Waals surface area contributed by atoms with Crippen molar-refractivity contribution in [2.24, 2.45) is 0 Å². The van der Waals surface area contributed by atoms with E-state index in [1.54, 1.807) is 5.38 Å². The zero-order chi connectivity index (χ0) is 13.8. The van der Waals surface area contributed by atoms with Crippen molar-refractivity contribution in [2.45, 2.75) is 5.75 Å². The van der Waals surface area contributed by atoms with Gasteiger partial charge in [0.05, 0.1) is 11.4 Å². The standard InChI is InChI=1S/C11H10N2O4S2/c14-9-3-1-7(2-4-9)10(15)13-11-12-8(5-18-11)6-19(16)17/h1-5,14H,6H2,(H,16,17)(H,12,13,15)/p-1. The van der Waals surface area contributed by atoms with Gasteiger partial charge < -0.3 is 9.66 Å². The van der Waals surface area contributed by atoms with Crippen LogP contribution in [-0.2, 0) is 16.8 Å². The first-order valence-electron chi connectivity index (χ1n) is 5.15. The van der Waals surface area contributed by atoms with E-state index in [9.17, 15) is 13.6 Å². The van der Waals surface area contributed by atoms with Gasteiger partial charge in [0.1, 0.15) is 5.75 Å². The number of nitrogens with zero attached hydrogens (tertiary/aromatic N) is 1. The topological polar surface area (TPSA) is 102 Å². The van der Waals surface area contributed by atoms with Crippen LogP contribution in [0.5, 0.6) is 5.75 Å². The number of benzene rings is 1. The minimum atomic E-state index is -2.20. The van der Waals surface area contributed by atoms with E-state index in [1.165, 1.54) is 24.3 Å². The molecule has 0 aliphatic heterocycles. The maximum Gasteiger partial charge on any atom is 0.257 e. The highest BCUT2D eigenvalue weighted by atomic mass is 32.2. The van der Waals surface area contributed by atoms with Gasteiger partial charge in [-0.3, -0.25) is 14.3 Å². The second-order valence-electron chi connectivity index (χ2n) is 3.59. The van der Waals surface area contributed by atoms with Crippen LogP contribution in [0.2, 0.25) is 0 Å². The molecule has 0 fully saturated rings. The van der Waals surface area contributed by atoms with Gasteiger partial charge in [-0.25, -0.2) is 4.98 Å². The number of rotatable bonds is 4. The number of phenolic OH excluding ortho intramolecular Hbond substituents is 1. The van der Waals surface area contributed by atoms with E-state index in [0.717, 1.165) is 11.3 Å². The van der Waals surface area contributed by atoms with Gasteiger partial charge in [0.15, 0.2) is 5.13 Å². The molecule has 0 aliphatic carbocycles. The smallest absolute Gasteiger partial charge is 0.257 e. The van der Waals surface area contributed by atoms with E-state index >= 15 is 0 Å². The number of amides is 1. The molecule has 2 rings (SSSR count). The number of aromatic hydroxyl groups is 1. The Labute approximate surface area is 115 Å². The summed E-state index contributed by atoms with van der Waals surface area (Å²) >= 11 is -1.05. The van der Waals surface area contributed by atoms with Gasteiger partial charge in [-0.1, -0.05) is 0 Å². The normalized spacial score (nSPS) is 12.1. The summed E-state index contributed by atoms with van der Waals surface area (Å²) < 4.78 is 21.0. The van der Waals surface area contributed by atoms with Crippen LogP contribution >= 0.6 is 11.3 Å². The van der Waals surface area contributed by atoms with E-state index < -0.39 is 11.1 Å². The van der Waals surface area contributed by atoms with Crippen molar-refractivity contribution in [1.29, 1.82) is 0 Å². The number of aromatic nitrogens is 1. The van der Waals surface area contributed by atoms with Crippen molar-refractivity contribution < 1.29 is 18.7 Å². The van der Waals surface area contributed by atoms with Crippen molar-refractivity contribution in [3.63, 3.8) is 0 Å². The summed E-state index contributed by atoms with van der Waals surface area (Å²) in [5.41, 5.74) is 0.765. The molecule has 0 bridgehead atoms. The fourth-order valence-corrected chi connectivity index (χ4v) is 2.53. The Hall–Kier alpha value is -1.77. The zero-order valence-corrected chi connectivity index (χ0v) is 11.2. The molecule has 8 heteroatoms. The number of carbonyl (C=O) groups is 1. The quantitative estimate of drug-likeness (QED) is 0.832. The van der Waals surface area contributed by atoms with E-state index in [1.807, 2.05) is 0 Å². The van der Waals surface area contributed by atoms with Crippen molar-refractivity contribution in [3.05, 3.63) is 40.9 Å². The molecular formula is C11H9N2O4S2-. The molecule has 0 spiro atoms. The third-order valence-electron chi connectivity index (χ3n) is 2.17. The molecule has 19 heavy (non-hydrogen) atoms. The van der Waals surface area contributed by atoms with Crippen LogP contribution < -0.4 is 5.32 Å². The monoisotopic (exact) mass is 297 g/mol. The number of nitrogens with one attached hydrogen (secondary N) is 1.